The van der Waals surface area contributed by atoms with Gasteiger partial charge in [-0.25, -0.2) is 0 Å². The highest BCUT2D eigenvalue weighted by atomic mass is 35.5. The first kappa shape index (κ1) is 18.8. The van der Waals surface area contributed by atoms with Gasteiger partial charge in [0, 0.05) is 35.1 Å². The van der Waals surface area contributed by atoms with E-state index in [0.717, 1.165) is 28.1 Å². The highest BCUT2D eigenvalue weighted by Gasteiger charge is 2.38. The molecule has 144 valence electrons. The molecule has 2 aliphatic rings. The molecule has 1 aliphatic heterocycles. The van der Waals surface area contributed by atoms with E-state index in [4.69, 9.17) is 16.3 Å². The minimum absolute atomic E-state index is 0.0484. The Balaban J connectivity index is 1.66. The van der Waals surface area contributed by atoms with Crippen LogP contribution in [0.2, 0.25) is 5.02 Å². The maximum absolute atomic E-state index is 13.1. The summed E-state index contributed by atoms with van der Waals surface area (Å²) in [6, 6.07) is 15.3. The lowest BCUT2D eigenvalue weighted by Gasteiger charge is -2.34. The Hall–Kier alpha value is -2.59. The number of ketones is 1. The molecule has 0 radical (unpaired) electrons. The fourth-order valence-corrected chi connectivity index (χ4v) is 4.49. The fourth-order valence-electron chi connectivity index (χ4n) is 4.22. The van der Waals surface area contributed by atoms with Crippen LogP contribution in [0.15, 0.2) is 59.8 Å². The lowest BCUT2D eigenvalue weighted by Crippen LogP contribution is -2.38. The SMILES string of the molecule is CCOc1ccc(C2CC(=O)C3=C(C2)NC(=O)CC3c2ccccc2Cl)cc1. The molecule has 2 aromatic rings. The van der Waals surface area contributed by atoms with E-state index in [1.165, 1.54) is 0 Å². The predicted octanol–water partition coefficient (Wildman–Crippen LogP) is 4.74. The van der Waals surface area contributed by atoms with Gasteiger partial charge >= 0.3 is 0 Å². The number of halogens is 1. The quantitative estimate of drug-likeness (QED) is 0.813. The zero-order chi connectivity index (χ0) is 19.7. The van der Waals surface area contributed by atoms with Gasteiger partial charge in [0.1, 0.15) is 5.75 Å². The van der Waals surface area contributed by atoms with Gasteiger partial charge in [-0.2, -0.15) is 0 Å². The third kappa shape index (κ3) is 3.57. The lowest BCUT2D eigenvalue weighted by molar-refractivity contribution is -0.122. The molecule has 2 unspecified atom stereocenters. The summed E-state index contributed by atoms with van der Waals surface area (Å²) >= 11 is 6.37. The van der Waals surface area contributed by atoms with E-state index < -0.39 is 0 Å². The van der Waals surface area contributed by atoms with Gasteiger partial charge in [-0.05, 0) is 48.6 Å². The van der Waals surface area contributed by atoms with E-state index in [9.17, 15) is 9.59 Å². The largest absolute Gasteiger partial charge is 0.494 e. The molecule has 1 N–H and O–H groups in total. The van der Waals surface area contributed by atoms with Crippen LogP contribution in [0.25, 0.3) is 0 Å². The summed E-state index contributed by atoms with van der Waals surface area (Å²) in [7, 11) is 0. The van der Waals surface area contributed by atoms with Gasteiger partial charge < -0.3 is 10.1 Å². The Bertz CT molecular complexity index is 949. The number of nitrogens with one attached hydrogen (secondary N) is 1. The third-order valence-corrected chi connectivity index (χ3v) is 5.82. The van der Waals surface area contributed by atoms with Gasteiger partial charge in [0.05, 0.1) is 6.61 Å². The highest BCUT2D eigenvalue weighted by Crippen LogP contribution is 2.44. The summed E-state index contributed by atoms with van der Waals surface area (Å²) in [4.78, 5) is 25.5. The lowest BCUT2D eigenvalue weighted by atomic mass is 9.73. The molecule has 0 spiro atoms. The minimum Gasteiger partial charge on any atom is -0.494 e. The van der Waals surface area contributed by atoms with E-state index in [0.29, 0.717) is 24.5 Å². The van der Waals surface area contributed by atoms with Gasteiger partial charge in [-0.3, -0.25) is 9.59 Å². The number of carbonyl (C=O) groups is 2. The molecule has 2 atom stereocenters. The number of carbonyl (C=O) groups excluding carboxylic acids is 2. The monoisotopic (exact) mass is 395 g/mol. The van der Waals surface area contributed by atoms with Crippen LogP contribution in [0, 0.1) is 0 Å². The summed E-state index contributed by atoms with van der Waals surface area (Å²) in [5.74, 6) is 0.616. The summed E-state index contributed by atoms with van der Waals surface area (Å²) in [5.41, 5.74) is 3.39. The average Bonchev–Trinajstić information content (AvgIpc) is 2.68. The molecule has 0 aromatic heterocycles. The second-order valence-corrected chi connectivity index (χ2v) is 7.66. The van der Waals surface area contributed by atoms with Crippen LogP contribution in [0.3, 0.4) is 0 Å². The Labute approximate surface area is 169 Å². The minimum atomic E-state index is -0.272. The van der Waals surface area contributed by atoms with Crippen LogP contribution in [0.4, 0.5) is 0 Å². The van der Waals surface area contributed by atoms with Crippen molar-refractivity contribution in [3.63, 3.8) is 0 Å². The number of ether oxygens (including phenoxy) is 1. The second kappa shape index (κ2) is 7.80. The van der Waals surface area contributed by atoms with Crippen LogP contribution < -0.4 is 10.1 Å². The van der Waals surface area contributed by atoms with Crippen molar-refractivity contribution >= 4 is 23.3 Å². The molecule has 1 heterocycles. The van der Waals surface area contributed by atoms with Gasteiger partial charge in [0.15, 0.2) is 5.78 Å². The topological polar surface area (TPSA) is 55.4 Å². The van der Waals surface area contributed by atoms with E-state index in [2.05, 4.69) is 5.32 Å². The molecule has 1 amide bonds. The van der Waals surface area contributed by atoms with Crippen molar-refractivity contribution in [3.05, 3.63) is 76.0 Å². The molecule has 0 fully saturated rings. The van der Waals surface area contributed by atoms with E-state index in [-0.39, 0.29) is 29.9 Å². The Morgan fingerprint density at radius 2 is 1.79 bits per heavy atom. The number of allylic oxidation sites excluding steroid dienone is 2. The standard InChI is InChI=1S/C23H22ClNO3/c1-2-28-16-9-7-14(8-10-16)15-11-20-23(21(26)12-15)18(13-22(27)25-20)17-5-3-4-6-19(17)24/h3-10,15,18H,2,11-13H2,1H3,(H,25,27). The summed E-state index contributed by atoms with van der Waals surface area (Å²) < 4.78 is 5.50. The summed E-state index contributed by atoms with van der Waals surface area (Å²) in [6.45, 7) is 2.57. The van der Waals surface area contributed by atoms with Crippen LogP contribution in [-0.2, 0) is 9.59 Å². The number of amides is 1. The Kier molecular flexibility index (Phi) is 5.23. The van der Waals surface area contributed by atoms with Crippen LogP contribution in [0.1, 0.15) is 49.1 Å². The van der Waals surface area contributed by atoms with E-state index in [1.54, 1.807) is 6.07 Å². The number of benzene rings is 2. The summed E-state index contributed by atoms with van der Waals surface area (Å²) in [5, 5.41) is 3.54. The van der Waals surface area contributed by atoms with Crippen molar-refractivity contribution in [1.82, 2.24) is 5.32 Å². The molecular formula is C23H22ClNO3. The van der Waals surface area contributed by atoms with Crippen molar-refractivity contribution in [2.24, 2.45) is 0 Å². The zero-order valence-corrected chi connectivity index (χ0v) is 16.5. The molecule has 0 saturated carbocycles. The first-order valence-corrected chi connectivity index (χ1v) is 9.98. The van der Waals surface area contributed by atoms with Crippen molar-refractivity contribution in [2.75, 3.05) is 6.61 Å². The normalized spacial score (nSPS) is 21.9. The first-order chi connectivity index (χ1) is 13.6. The van der Waals surface area contributed by atoms with E-state index in [1.807, 2.05) is 49.4 Å². The zero-order valence-electron chi connectivity index (χ0n) is 15.7. The van der Waals surface area contributed by atoms with Crippen LogP contribution in [-0.4, -0.2) is 18.3 Å². The highest BCUT2D eigenvalue weighted by molar-refractivity contribution is 6.31. The average molecular weight is 396 g/mol. The van der Waals surface area contributed by atoms with Gasteiger partial charge in [-0.1, -0.05) is 41.9 Å². The van der Waals surface area contributed by atoms with Crippen molar-refractivity contribution in [2.45, 2.75) is 38.0 Å². The molecular weight excluding hydrogens is 374 g/mol. The van der Waals surface area contributed by atoms with Gasteiger partial charge in [-0.15, -0.1) is 0 Å². The van der Waals surface area contributed by atoms with Crippen molar-refractivity contribution in [3.8, 4) is 5.75 Å². The predicted molar refractivity (Wildman–Crippen MR) is 109 cm³/mol. The number of rotatable bonds is 4. The number of Topliss-reactive ketones (excluding diaryl/α,β-unsaturated/α-hetero) is 1. The maximum atomic E-state index is 13.1. The molecule has 4 nitrogen and oxygen atoms in total. The Morgan fingerprint density at radius 1 is 1.04 bits per heavy atom. The molecule has 2 aromatic carbocycles. The van der Waals surface area contributed by atoms with Crippen LogP contribution >= 0.6 is 11.6 Å². The second-order valence-electron chi connectivity index (χ2n) is 7.25. The molecule has 5 heteroatoms. The maximum Gasteiger partial charge on any atom is 0.225 e. The smallest absolute Gasteiger partial charge is 0.225 e. The van der Waals surface area contributed by atoms with Crippen molar-refractivity contribution < 1.29 is 14.3 Å². The van der Waals surface area contributed by atoms with Gasteiger partial charge in [0.25, 0.3) is 0 Å². The molecule has 0 bridgehead atoms. The first-order valence-electron chi connectivity index (χ1n) is 9.60. The number of hydrogen-bond acceptors (Lipinski definition) is 3. The fraction of sp³-hybridized carbons (Fsp3) is 0.304. The Morgan fingerprint density at radius 3 is 2.50 bits per heavy atom. The van der Waals surface area contributed by atoms with Crippen LogP contribution in [0.5, 0.6) is 5.75 Å². The van der Waals surface area contributed by atoms with Crippen molar-refractivity contribution in [1.29, 1.82) is 0 Å². The number of hydrogen-bond donors (Lipinski definition) is 1. The third-order valence-electron chi connectivity index (χ3n) is 5.48. The molecule has 28 heavy (non-hydrogen) atoms. The van der Waals surface area contributed by atoms with Gasteiger partial charge in [0.2, 0.25) is 5.91 Å². The molecule has 1 aliphatic carbocycles. The molecule has 4 rings (SSSR count). The summed E-state index contributed by atoms with van der Waals surface area (Å²) in [6.07, 6.45) is 1.33. The van der Waals surface area contributed by atoms with E-state index >= 15 is 0 Å². The molecule has 0 saturated heterocycles.